The van der Waals surface area contributed by atoms with E-state index in [-0.39, 0.29) is 0 Å². The molecule has 0 aliphatic rings. The quantitative estimate of drug-likeness (QED) is 0.521. The molecule has 0 saturated heterocycles. The molecule has 0 spiro atoms. The molecule has 54 valence electrons. The number of hydrogen-bond donors (Lipinski definition) is 1. The lowest BCUT2D eigenvalue weighted by molar-refractivity contribution is 1.43. The number of anilines is 1. The zero-order chi connectivity index (χ0) is 8.97. The highest BCUT2D eigenvalue weighted by molar-refractivity contribution is 7.98. The van der Waals surface area contributed by atoms with Gasteiger partial charge in [-0.15, -0.1) is 11.8 Å². The van der Waals surface area contributed by atoms with E-state index in [9.17, 15) is 0 Å². The molecule has 0 radical (unpaired) electrons. The molecule has 0 fully saturated rings. The van der Waals surface area contributed by atoms with E-state index in [1.165, 1.54) is 4.90 Å². The Hall–Kier alpha value is -0.630. The van der Waals surface area contributed by atoms with Crippen LogP contribution in [0.25, 0.3) is 0 Å². The highest BCUT2D eigenvalue weighted by Gasteiger charge is 1.88. The van der Waals surface area contributed by atoms with Crippen LogP contribution in [0.15, 0.2) is 29.2 Å². The fraction of sp³-hybridized carbons (Fsp3) is 0.250. The average molecular weight is 156 g/mol. The molecule has 0 unspecified atom stereocenters. The van der Waals surface area contributed by atoms with E-state index in [4.69, 9.17) is 2.74 Å². The van der Waals surface area contributed by atoms with E-state index in [0.717, 1.165) is 5.69 Å². The lowest BCUT2D eigenvalue weighted by atomic mass is 10.3. The van der Waals surface area contributed by atoms with Crippen LogP contribution < -0.4 is 5.32 Å². The fourth-order valence-corrected chi connectivity index (χ4v) is 1.10. The summed E-state index contributed by atoms with van der Waals surface area (Å²) in [5.41, 5.74) is 0.822. The van der Waals surface area contributed by atoms with Crippen LogP contribution in [-0.2, 0) is 0 Å². The van der Waals surface area contributed by atoms with E-state index in [1.54, 1.807) is 11.8 Å². The van der Waals surface area contributed by atoms with Crippen molar-refractivity contribution < 1.29 is 2.74 Å². The lowest BCUT2D eigenvalue weighted by Gasteiger charge is -1.99. The summed E-state index contributed by atoms with van der Waals surface area (Å²) >= 11 is 1.67. The van der Waals surface area contributed by atoms with Gasteiger partial charge in [-0.1, -0.05) is 0 Å². The minimum absolute atomic E-state index is 0.822. The largest absolute Gasteiger partial charge is 0.388 e. The molecule has 0 atom stereocenters. The third-order valence-electron chi connectivity index (χ3n) is 1.26. The maximum atomic E-state index is 6.96. The minimum Gasteiger partial charge on any atom is -0.388 e. The van der Waals surface area contributed by atoms with Crippen molar-refractivity contribution in [3.05, 3.63) is 24.3 Å². The minimum atomic E-state index is -0.995. The van der Waals surface area contributed by atoms with Crippen LogP contribution in [0.5, 0.6) is 0 Å². The Bertz CT molecular complexity index is 235. The predicted molar refractivity (Wildman–Crippen MR) is 47.8 cm³/mol. The second-order valence-electron chi connectivity index (χ2n) is 1.87. The molecule has 0 aliphatic carbocycles. The average Bonchev–Trinajstić information content (AvgIpc) is 2.05. The Balaban J connectivity index is 2.65. The lowest BCUT2D eigenvalue weighted by Crippen LogP contribution is -1.85. The van der Waals surface area contributed by atoms with Gasteiger partial charge in [-0.2, -0.15) is 0 Å². The summed E-state index contributed by atoms with van der Waals surface area (Å²) in [4.78, 5) is 1.19. The van der Waals surface area contributed by atoms with Gasteiger partial charge >= 0.3 is 0 Å². The van der Waals surface area contributed by atoms with Gasteiger partial charge in [0.05, 0.1) is 0 Å². The molecule has 0 heterocycles. The molecule has 2 heteroatoms. The first-order valence-corrected chi connectivity index (χ1v) is 4.20. The van der Waals surface area contributed by atoms with Crippen molar-refractivity contribution in [3.8, 4) is 0 Å². The van der Waals surface area contributed by atoms with Gasteiger partial charge in [0.25, 0.3) is 0 Å². The number of rotatable bonds is 2. The van der Waals surface area contributed by atoms with Crippen LogP contribution >= 0.6 is 11.8 Å². The summed E-state index contributed by atoms with van der Waals surface area (Å²) in [6, 6.07) is 7.69. The third kappa shape index (κ3) is 1.67. The van der Waals surface area contributed by atoms with E-state index >= 15 is 0 Å². The smallest absolute Gasteiger partial charge is 0.0453 e. The Kier molecular flexibility index (Phi) is 1.79. The number of hydrogen-bond acceptors (Lipinski definition) is 2. The molecule has 1 aromatic carbocycles. The Labute approximate surface area is 68.6 Å². The number of nitrogens with one attached hydrogen (secondary N) is 1. The van der Waals surface area contributed by atoms with E-state index in [1.807, 2.05) is 30.5 Å². The number of benzene rings is 1. The molecular weight excluding hydrogens is 143 g/mol. The van der Waals surface area contributed by atoms with Gasteiger partial charge < -0.3 is 5.32 Å². The van der Waals surface area contributed by atoms with Crippen molar-refractivity contribution in [2.24, 2.45) is 0 Å². The monoisotopic (exact) mass is 156 g/mol. The molecule has 1 nitrogen and oxygen atoms in total. The first-order chi connectivity index (χ1) is 5.72. The van der Waals surface area contributed by atoms with Crippen LogP contribution in [0.2, 0.25) is 0 Å². The van der Waals surface area contributed by atoms with Crippen molar-refractivity contribution in [1.29, 1.82) is 0 Å². The Morgan fingerprint density at radius 1 is 1.40 bits per heavy atom. The van der Waals surface area contributed by atoms with Crippen LogP contribution in [0.1, 0.15) is 2.74 Å². The first kappa shape index (κ1) is 5.08. The van der Waals surface area contributed by atoms with Gasteiger partial charge in [0.1, 0.15) is 0 Å². The normalized spacial score (nSPS) is 12.6. The van der Waals surface area contributed by atoms with Crippen molar-refractivity contribution in [2.45, 2.75) is 4.90 Å². The summed E-state index contributed by atoms with van der Waals surface area (Å²) in [5, 5.41) is 2.68. The molecule has 0 saturated carbocycles. The fourth-order valence-electron chi connectivity index (χ4n) is 0.687. The van der Waals surface area contributed by atoms with Crippen LogP contribution in [-0.4, -0.2) is 13.3 Å². The van der Waals surface area contributed by atoms with Gasteiger partial charge in [-0.25, -0.2) is 0 Å². The zero-order valence-electron chi connectivity index (χ0n) is 7.79. The summed E-state index contributed by atoms with van der Waals surface area (Å²) in [6.07, 6.45) is 2.01. The second-order valence-corrected chi connectivity index (χ2v) is 2.75. The standard InChI is InChI=1S/C8H11NS/c1-9-7-3-5-8(10-2)6-4-7/h3-6,9H,1-2H3/i1+1D2. The van der Waals surface area contributed by atoms with E-state index in [2.05, 4.69) is 5.32 Å². The van der Waals surface area contributed by atoms with Gasteiger partial charge in [-0.05, 0) is 30.5 Å². The molecule has 1 N–H and O–H groups in total. The molecule has 1 rings (SSSR count). The molecule has 0 amide bonds. The van der Waals surface area contributed by atoms with Crippen molar-refractivity contribution in [1.82, 2.24) is 0 Å². The molecule has 0 bridgehead atoms. The summed E-state index contributed by atoms with van der Waals surface area (Å²) in [6.45, 7) is -0.995. The van der Waals surface area contributed by atoms with Crippen LogP contribution in [0.3, 0.4) is 0 Å². The molecule has 0 aromatic heterocycles. The Morgan fingerprint density at radius 2 is 2.10 bits per heavy atom. The summed E-state index contributed by atoms with van der Waals surface area (Å²) in [7, 11) is 0. The topological polar surface area (TPSA) is 12.0 Å². The summed E-state index contributed by atoms with van der Waals surface area (Å²) < 4.78 is 13.9. The Morgan fingerprint density at radius 3 is 2.60 bits per heavy atom. The first-order valence-electron chi connectivity index (χ1n) is 4.13. The number of thioether (sulfide) groups is 1. The van der Waals surface area contributed by atoms with Gasteiger partial charge in [0.15, 0.2) is 0 Å². The van der Waals surface area contributed by atoms with Crippen molar-refractivity contribution in [2.75, 3.05) is 18.6 Å². The van der Waals surface area contributed by atoms with Crippen molar-refractivity contribution in [3.63, 3.8) is 0 Å². The SMILES string of the molecule is [2H][13CH]([2H])Nc1ccc(SC)cc1. The van der Waals surface area contributed by atoms with Gasteiger partial charge in [-0.3, -0.25) is 0 Å². The maximum Gasteiger partial charge on any atom is 0.0453 e. The van der Waals surface area contributed by atoms with E-state index < -0.39 is 7.00 Å². The highest BCUT2D eigenvalue weighted by atomic mass is 32.2. The molecule has 0 aliphatic heterocycles. The van der Waals surface area contributed by atoms with Gasteiger partial charge in [0.2, 0.25) is 0 Å². The molecular formula is C8H11NS. The second kappa shape index (κ2) is 3.52. The summed E-state index contributed by atoms with van der Waals surface area (Å²) in [5.74, 6) is 0. The molecule has 10 heavy (non-hydrogen) atoms. The van der Waals surface area contributed by atoms with E-state index in [0.29, 0.717) is 0 Å². The third-order valence-corrected chi connectivity index (χ3v) is 2.00. The zero-order valence-corrected chi connectivity index (χ0v) is 6.61. The van der Waals surface area contributed by atoms with Gasteiger partial charge in [0, 0.05) is 20.3 Å². The molecule has 1 aromatic rings. The maximum absolute atomic E-state index is 6.96. The predicted octanol–water partition coefficient (Wildman–Crippen LogP) is 2.45. The van der Waals surface area contributed by atoms with Crippen LogP contribution in [0, 0.1) is 0 Å². The van der Waals surface area contributed by atoms with Crippen LogP contribution in [0.4, 0.5) is 5.69 Å². The van der Waals surface area contributed by atoms with Crippen molar-refractivity contribution >= 4 is 17.4 Å². The highest BCUT2D eigenvalue weighted by Crippen LogP contribution is 2.16.